The molecule has 0 bridgehead atoms. The Hall–Kier alpha value is -2.63. The molecule has 1 N–H and O–H groups in total. The number of nitrogens with one attached hydrogen (secondary N) is 1. The Morgan fingerprint density at radius 2 is 1.94 bits per heavy atom. The molecule has 9 nitrogen and oxygen atoms in total. The van der Waals surface area contributed by atoms with Crippen molar-refractivity contribution in [2.24, 2.45) is 0 Å². The Bertz CT molecular complexity index is 939. The lowest BCUT2D eigenvalue weighted by Gasteiger charge is -2.29. The van der Waals surface area contributed by atoms with E-state index < -0.39 is 29.1 Å². The SMILES string of the molecule is CC(C)(Cn1nc(C(F)(F)F)cc1-c1cnn(C2CCCCO2)n1)NC(=O)OC(C)(C)C. The van der Waals surface area contributed by atoms with Gasteiger partial charge in [-0.25, -0.2) is 4.79 Å². The molecule has 178 valence electrons. The summed E-state index contributed by atoms with van der Waals surface area (Å²) in [7, 11) is 0. The second-order valence-electron chi connectivity index (χ2n) is 9.45. The highest BCUT2D eigenvalue weighted by atomic mass is 19.4. The number of ether oxygens (including phenoxy) is 2. The maximum absolute atomic E-state index is 13.4. The second-order valence-corrected chi connectivity index (χ2v) is 9.45. The minimum Gasteiger partial charge on any atom is -0.444 e. The molecule has 1 unspecified atom stereocenters. The van der Waals surface area contributed by atoms with Crippen LogP contribution in [0.2, 0.25) is 0 Å². The van der Waals surface area contributed by atoms with Crippen molar-refractivity contribution in [2.75, 3.05) is 6.61 Å². The van der Waals surface area contributed by atoms with Crippen LogP contribution in [0.15, 0.2) is 12.3 Å². The van der Waals surface area contributed by atoms with E-state index in [1.165, 1.54) is 15.7 Å². The summed E-state index contributed by atoms with van der Waals surface area (Å²) >= 11 is 0. The van der Waals surface area contributed by atoms with Crippen LogP contribution >= 0.6 is 0 Å². The van der Waals surface area contributed by atoms with Gasteiger partial charge in [-0.15, -0.1) is 5.10 Å². The maximum Gasteiger partial charge on any atom is 0.435 e. The average Bonchev–Trinajstić information content (AvgIpc) is 3.26. The summed E-state index contributed by atoms with van der Waals surface area (Å²) in [6.07, 6.45) is -1.62. The quantitative estimate of drug-likeness (QED) is 0.723. The van der Waals surface area contributed by atoms with Crippen molar-refractivity contribution in [3.05, 3.63) is 18.0 Å². The van der Waals surface area contributed by atoms with Gasteiger partial charge < -0.3 is 14.8 Å². The molecule has 0 radical (unpaired) electrons. The van der Waals surface area contributed by atoms with Gasteiger partial charge in [0.2, 0.25) is 0 Å². The van der Waals surface area contributed by atoms with E-state index in [1.54, 1.807) is 34.6 Å². The van der Waals surface area contributed by atoms with Crippen LogP contribution < -0.4 is 5.32 Å². The fraction of sp³-hybridized carbons (Fsp3) is 0.700. The van der Waals surface area contributed by atoms with E-state index >= 15 is 0 Å². The van der Waals surface area contributed by atoms with Crippen LogP contribution in [0, 0.1) is 0 Å². The summed E-state index contributed by atoms with van der Waals surface area (Å²) in [5, 5.41) is 14.9. The number of aromatic nitrogens is 5. The van der Waals surface area contributed by atoms with Gasteiger partial charge in [-0.1, -0.05) is 0 Å². The molecule has 0 aliphatic carbocycles. The monoisotopic (exact) mass is 458 g/mol. The summed E-state index contributed by atoms with van der Waals surface area (Å²) in [6, 6.07) is 0.930. The molecule has 0 saturated carbocycles. The van der Waals surface area contributed by atoms with Gasteiger partial charge in [0.1, 0.15) is 11.3 Å². The minimum absolute atomic E-state index is 0.0511. The summed E-state index contributed by atoms with van der Waals surface area (Å²) in [5.74, 6) is 0. The fourth-order valence-corrected chi connectivity index (χ4v) is 3.31. The molecular weight excluding hydrogens is 429 g/mol. The third-order valence-electron chi connectivity index (χ3n) is 4.64. The molecule has 2 aromatic heterocycles. The van der Waals surface area contributed by atoms with E-state index in [-0.39, 0.29) is 24.2 Å². The molecule has 3 rings (SSSR count). The van der Waals surface area contributed by atoms with Gasteiger partial charge in [0.25, 0.3) is 0 Å². The molecule has 32 heavy (non-hydrogen) atoms. The van der Waals surface area contributed by atoms with Crippen LogP contribution in [-0.2, 0) is 22.2 Å². The number of alkyl carbamates (subject to hydrolysis) is 1. The van der Waals surface area contributed by atoms with Gasteiger partial charge in [0.05, 0.1) is 24.0 Å². The first-order chi connectivity index (χ1) is 14.7. The smallest absolute Gasteiger partial charge is 0.435 e. The fourth-order valence-electron chi connectivity index (χ4n) is 3.31. The van der Waals surface area contributed by atoms with Crippen LogP contribution in [0.3, 0.4) is 0 Å². The Morgan fingerprint density at radius 3 is 2.53 bits per heavy atom. The van der Waals surface area contributed by atoms with E-state index in [4.69, 9.17) is 9.47 Å². The van der Waals surface area contributed by atoms with E-state index in [0.29, 0.717) is 6.61 Å². The average molecular weight is 458 g/mol. The van der Waals surface area contributed by atoms with Crippen LogP contribution in [-0.4, -0.2) is 48.6 Å². The molecule has 0 spiro atoms. The van der Waals surface area contributed by atoms with E-state index in [2.05, 4.69) is 20.6 Å². The van der Waals surface area contributed by atoms with Crippen molar-refractivity contribution in [1.82, 2.24) is 30.1 Å². The van der Waals surface area contributed by atoms with Crippen LogP contribution in [0.1, 0.15) is 65.8 Å². The maximum atomic E-state index is 13.4. The predicted molar refractivity (Wildman–Crippen MR) is 109 cm³/mol. The van der Waals surface area contributed by atoms with Crippen LogP contribution in [0.5, 0.6) is 0 Å². The van der Waals surface area contributed by atoms with E-state index in [1.807, 2.05) is 0 Å². The Kier molecular flexibility index (Phi) is 6.55. The molecule has 1 fully saturated rings. The number of halogens is 3. The molecule has 1 atom stereocenters. The van der Waals surface area contributed by atoms with Gasteiger partial charge in [-0.2, -0.15) is 28.2 Å². The highest BCUT2D eigenvalue weighted by molar-refractivity contribution is 5.68. The summed E-state index contributed by atoms with van der Waals surface area (Å²) in [6.45, 7) is 9.04. The van der Waals surface area contributed by atoms with Crippen molar-refractivity contribution in [3.8, 4) is 11.4 Å². The largest absolute Gasteiger partial charge is 0.444 e. The number of alkyl halides is 3. The number of rotatable bonds is 5. The van der Waals surface area contributed by atoms with Gasteiger partial charge >= 0.3 is 12.3 Å². The number of hydrogen-bond donors (Lipinski definition) is 1. The standard InChI is InChI=1S/C20H29F3N6O3/c1-18(2,3)32-17(30)25-19(4,5)12-28-14(10-15(27-28)20(21,22)23)13-11-24-29(26-13)16-8-6-7-9-31-16/h10-11,16H,6-9,12H2,1-5H3,(H,25,30). The van der Waals surface area contributed by atoms with Gasteiger partial charge in [-0.3, -0.25) is 4.68 Å². The predicted octanol–water partition coefficient (Wildman–Crippen LogP) is 4.16. The zero-order valence-electron chi connectivity index (χ0n) is 18.9. The Morgan fingerprint density at radius 1 is 1.22 bits per heavy atom. The van der Waals surface area contributed by atoms with Crippen molar-refractivity contribution >= 4 is 6.09 Å². The van der Waals surface area contributed by atoms with Crippen LogP contribution in [0.25, 0.3) is 11.4 Å². The summed E-state index contributed by atoms with van der Waals surface area (Å²) < 4.78 is 52.3. The number of hydrogen-bond acceptors (Lipinski definition) is 6. The highest BCUT2D eigenvalue weighted by Gasteiger charge is 2.36. The number of carbonyl (C=O) groups excluding carboxylic acids is 1. The lowest BCUT2D eigenvalue weighted by Crippen LogP contribution is -2.48. The topological polar surface area (TPSA) is 96.1 Å². The number of amides is 1. The Labute approximate surface area is 184 Å². The highest BCUT2D eigenvalue weighted by Crippen LogP contribution is 2.32. The number of nitrogens with zero attached hydrogens (tertiary/aromatic N) is 5. The third kappa shape index (κ3) is 6.21. The first kappa shape index (κ1) is 24.0. The molecule has 3 heterocycles. The summed E-state index contributed by atoms with van der Waals surface area (Å²) in [5.41, 5.74) is -2.35. The molecule has 2 aromatic rings. The lowest BCUT2D eigenvalue weighted by atomic mass is 10.1. The molecular formula is C20H29F3N6O3. The van der Waals surface area contributed by atoms with E-state index in [9.17, 15) is 18.0 Å². The van der Waals surface area contributed by atoms with Crippen molar-refractivity contribution in [2.45, 2.75) is 84.0 Å². The second kappa shape index (κ2) is 8.72. The zero-order chi connectivity index (χ0) is 23.7. The normalized spacial score (nSPS) is 17.9. The van der Waals surface area contributed by atoms with Crippen LogP contribution in [0.4, 0.5) is 18.0 Å². The molecule has 1 aliphatic heterocycles. The third-order valence-corrected chi connectivity index (χ3v) is 4.64. The molecule has 1 saturated heterocycles. The van der Waals surface area contributed by atoms with Gasteiger partial charge in [-0.05, 0) is 59.9 Å². The van der Waals surface area contributed by atoms with Crippen molar-refractivity contribution < 1.29 is 27.4 Å². The number of carbonyl (C=O) groups is 1. The van der Waals surface area contributed by atoms with Gasteiger partial charge in [0.15, 0.2) is 11.9 Å². The first-order valence-corrected chi connectivity index (χ1v) is 10.4. The van der Waals surface area contributed by atoms with Crippen molar-refractivity contribution in [1.29, 1.82) is 0 Å². The minimum atomic E-state index is -4.63. The first-order valence-electron chi connectivity index (χ1n) is 10.4. The molecule has 12 heteroatoms. The Balaban J connectivity index is 1.86. The lowest BCUT2D eigenvalue weighted by molar-refractivity contribution is -0.141. The molecule has 1 amide bonds. The van der Waals surface area contributed by atoms with E-state index in [0.717, 1.165) is 25.3 Å². The molecule has 1 aliphatic rings. The van der Waals surface area contributed by atoms with Gasteiger partial charge in [0, 0.05) is 6.61 Å². The molecule has 0 aromatic carbocycles. The zero-order valence-corrected chi connectivity index (χ0v) is 18.9. The summed E-state index contributed by atoms with van der Waals surface area (Å²) in [4.78, 5) is 13.6. The van der Waals surface area contributed by atoms with Crippen molar-refractivity contribution in [3.63, 3.8) is 0 Å².